The van der Waals surface area contributed by atoms with E-state index in [4.69, 9.17) is 23.9 Å². The van der Waals surface area contributed by atoms with Crippen molar-refractivity contribution < 1.29 is 18.9 Å². The molecular weight excluding hydrogens is 306 g/mol. The summed E-state index contributed by atoms with van der Waals surface area (Å²) in [6, 6.07) is 10.0. The molecule has 2 heterocycles. The van der Waals surface area contributed by atoms with E-state index >= 15 is 0 Å². The Labute approximate surface area is 140 Å². The van der Waals surface area contributed by atoms with Gasteiger partial charge in [0.2, 0.25) is 6.79 Å². The Morgan fingerprint density at radius 2 is 1.92 bits per heavy atom. The minimum absolute atomic E-state index is 0.278. The Bertz CT molecular complexity index is 813. The highest BCUT2D eigenvalue weighted by Crippen LogP contribution is 2.37. The summed E-state index contributed by atoms with van der Waals surface area (Å²) in [5, 5.41) is 0. The van der Waals surface area contributed by atoms with Crippen molar-refractivity contribution in [3.05, 3.63) is 47.0 Å². The number of rotatable bonds is 4. The van der Waals surface area contributed by atoms with E-state index in [1.807, 2.05) is 18.2 Å². The van der Waals surface area contributed by atoms with E-state index in [9.17, 15) is 0 Å². The molecule has 0 unspecified atom stereocenters. The summed E-state index contributed by atoms with van der Waals surface area (Å²) in [5.74, 6) is 3.11. The van der Waals surface area contributed by atoms with E-state index in [1.54, 1.807) is 14.2 Å². The van der Waals surface area contributed by atoms with Crippen LogP contribution in [0.2, 0.25) is 0 Å². The van der Waals surface area contributed by atoms with E-state index in [2.05, 4.69) is 12.1 Å². The van der Waals surface area contributed by atoms with Gasteiger partial charge in [-0.2, -0.15) is 0 Å². The molecule has 2 aromatic rings. The molecule has 0 amide bonds. The average Bonchev–Trinajstić information content (AvgIpc) is 3.10. The lowest BCUT2D eigenvalue weighted by Gasteiger charge is -2.20. The summed E-state index contributed by atoms with van der Waals surface area (Å²) in [7, 11) is 3.31. The van der Waals surface area contributed by atoms with Gasteiger partial charge in [0.05, 0.1) is 14.2 Å². The molecule has 2 aromatic carbocycles. The summed E-state index contributed by atoms with van der Waals surface area (Å²) < 4.78 is 21.9. The Hall–Kier alpha value is -2.69. The monoisotopic (exact) mass is 325 g/mol. The molecule has 0 aromatic heterocycles. The van der Waals surface area contributed by atoms with Crippen molar-refractivity contribution >= 4 is 5.71 Å². The molecule has 0 spiro atoms. The minimum Gasteiger partial charge on any atom is -0.493 e. The number of hydrogen-bond donors (Lipinski definition) is 0. The topological polar surface area (TPSA) is 49.3 Å². The summed E-state index contributed by atoms with van der Waals surface area (Å²) >= 11 is 0. The molecule has 4 rings (SSSR count). The van der Waals surface area contributed by atoms with Gasteiger partial charge in [-0.15, -0.1) is 0 Å². The van der Waals surface area contributed by atoms with Crippen molar-refractivity contribution in [2.24, 2.45) is 4.99 Å². The smallest absolute Gasteiger partial charge is 0.231 e. The van der Waals surface area contributed by atoms with Crippen LogP contribution in [-0.4, -0.2) is 33.3 Å². The zero-order valence-corrected chi connectivity index (χ0v) is 13.8. The molecule has 5 nitrogen and oxygen atoms in total. The molecule has 2 aliphatic rings. The van der Waals surface area contributed by atoms with Crippen molar-refractivity contribution in [1.82, 2.24) is 0 Å². The van der Waals surface area contributed by atoms with Crippen LogP contribution < -0.4 is 18.9 Å². The van der Waals surface area contributed by atoms with Crippen molar-refractivity contribution in [3.8, 4) is 23.0 Å². The number of hydrogen-bond acceptors (Lipinski definition) is 5. The first kappa shape index (κ1) is 14.9. The molecule has 0 fully saturated rings. The van der Waals surface area contributed by atoms with Crippen molar-refractivity contribution in [2.45, 2.75) is 12.8 Å². The van der Waals surface area contributed by atoms with Gasteiger partial charge < -0.3 is 18.9 Å². The number of methoxy groups -OCH3 is 2. The first-order valence-electron chi connectivity index (χ1n) is 7.96. The minimum atomic E-state index is 0.278. The molecule has 0 aliphatic carbocycles. The van der Waals surface area contributed by atoms with Crippen LogP contribution in [0, 0.1) is 0 Å². The highest BCUT2D eigenvalue weighted by molar-refractivity contribution is 6.04. The lowest BCUT2D eigenvalue weighted by molar-refractivity contribution is 0.173. The largest absolute Gasteiger partial charge is 0.493 e. The Morgan fingerprint density at radius 3 is 2.75 bits per heavy atom. The molecule has 5 heteroatoms. The van der Waals surface area contributed by atoms with E-state index in [0.29, 0.717) is 6.42 Å². The molecule has 0 N–H and O–H groups in total. The quantitative estimate of drug-likeness (QED) is 0.867. The summed E-state index contributed by atoms with van der Waals surface area (Å²) in [6.07, 6.45) is 1.61. The van der Waals surface area contributed by atoms with Gasteiger partial charge in [-0.05, 0) is 30.2 Å². The second-order valence-corrected chi connectivity index (χ2v) is 5.77. The number of fused-ring (bicyclic) bond motifs is 2. The Kier molecular flexibility index (Phi) is 3.76. The summed E-state index contributed by atoms with van der Waals surface area (Å²) in [4.78, 5) is 4.75. The van der Waals surface area contributed by atoms with Crippen LogP contribution in [0.25, 0.3) is 0 Å². The van der Waals surface area contributed by atoms with Crippen LogP contribution in [0.3, 0.4) is 0 Å². The van der Waals surface area contributed by atoms with Gasteiger partial charge in [0.25, 0.3) is 0 Å². The van der Waals surface area contributed by atoms with Gasteiger partial charge >= 0.3 is 0 Å². The highest BCUT2D eigenvalue weighted by Gasteiger charge is 2.22. The molecule has 124 valence electrons. The fourth-order valence-corrected chi connectivity index (χ4v) is 3.25. The fraction of sp³-hybridized carbons (Fsp3) is 0.316. The maximum absolute atomic E-state index is 5.62. The van der Waals surface area contributed by atoms with E-state index in [-0.39, 0.29) is 6.79 Å². The maximum atomic E-state index is 5.62. The van der Waals surface area contributed by atoms with E-state index in [0.717, 1.165) is 52.8 Å². The van der Waals surface area contributed by atoms with Gasteiger partial charge in [-0.25, -0.2) is 0 Å². The molecule has 0 saturated carbocycles. The number of benzene rings is 2. The molecule has 24 heavy (non-hydrogen) atoms. The molecule has 0 bridgehead atoms. The number of aliphatic imine (C=N–C) groups is 1. The molecule has 0 atom stereocenters. The normalized spacial score (nSPS) is 14.8. The third-order valence-corrected chi connectivity index (χ3v) is 4.44. The molecular formula is C19H19NO4. The van der Waals surface area contributed by atoms with Gasteiger partial charge in [-0.3, -0.25) is 4.99 Å². The Balaban J connectivity index is 1.71. The zero-order chi connectivity index (χ0) is 16.5. The highest BCUT2D eigenvalue weighted by atomic mass is 16.7. The fourth-order valence-electron chi connectivity index (χ4n) is 3.25. The van der Waals surface area contributed by atoms with Gasteiger partial charge in [0.15, 0.2) is 23.0 Å². The van der Waals surface area contributed by atoms with Crippen LogP contribution in [-0.2, 0) is 12.8 Å². The van der Waals surface area contributed by atoms with Crippen LogP contribution in [0.1, 0.15) is 16.7 Å². The SMILES string of the molecule is COc1cc2c(cc1OC)C(Cc1cccc3c1OCO3)=NCC2. The third-order valence-electron chi connectivity index (χ3n) is 4.44. The first-order chi connectivity index (χ1) is 11.8. The van der Waals surface area contributed by atoms with Gasteiger partial charge in [-0.1, -0.05) is 12.1 Å². The van der Waals surface area contributed by atoms with Gasteiger partial charge in [0, 0.05) is 29.8 Å². The first-order valence-corrected chi connectivity index (χ1v) is 7.96. The Morgan fingerprint density at radius 1 is 1.08 bits per heavy atom. The zero-order valence-electron chi connectivity index (χ0n) is 13.8. The number of para-hydroxylation sites is 1. The van der Waals surface area contributed by atoms with Crippen LogP contribution in [0.4, 0.5) is 0 Å². The second-order valence-electron chi connectivity index (χ2n) is 5.77. The lowest BCUT2D eigenvalue weighted by Crippen LogP contribution is -2.16. The van der Waals surface area contributed by atoms with E-state index < -0.39 is 0 Å². The number of nitrogens with zero attached hydrogens (tertiary/aromatic N) is 1. The van der Waals surface area contributed by atoms with Gasteiger partial charge in [0.1, 0.15) is 0 Å². The van der Waals surface area contributed by atoms with E-state index in [1.165, 1.54) is 5.56 Å². The lowest BCUT2D eigenvalue weighted by atomic mass is 9.92. The molecule has 0 saturated heterocycles. The van der Waals surface area contributed by atoms with Crippen LogP contribution in [0.5, 0.6) is 23.0 Å². The summed E-state index contributed by atoms with van der Waals surface area (Å²) in [6.45, 7) is 1.06. The second kappa shape index (κ2) is 6.07. The predicted octanol–water partition coefficient (Wildman–Crippen LogP) is 3.02. The average molecular weight is 325 g/mol. The standard InChI is InChI=1S/C19H19NO4/c1-21-17-9-12-6-7-20-15(14(12)10-18(17)22-2)8-13-4-3-5-16-19(13)24-11-23-16/h3-5,9-10H,6-8,11H2,1-2H3. The molecule has 2 aliphatic heterocycles. The van der Waals surface area contributed by atoms with Crippen molar-refractivity contribution in [2.75, 3.05) is 27.6 Å². The predicted molar refractivity (Wildman–Crippen MR) is 90.9 cm³/mol. The number of ether oxygens (including phenoxy) is 4. The maximum Gasteiger partial charge on any atom is 0.231 e. The van der Waals surface area contributed by atoms with Crippen molar-refractivity contribution in [1.29, 1.82) is 0 Å². The van der Waals surface area contributed by atoms with Crippen LogP contribution >= 0.6 is 0 Å². The third kappa shape index (κ3) is 2.46. The molecule has 0 radical (unpaired) electrons. The summed E-state index contributed by atoms with van der Waals surface area (Å²) in [5.41, 5.74) is 4.49. The van der Waals surface area contributed by atoms with Crippen LogP contribution in [0.15, 0.2) is 35.3 Å². The van der Waals surface area contributed by atoms with Crippen molar-refractivity contribution in [3.63, 3.8) is 0 Å².